The molecule has 3 aromatic rings. The van der Waals surface area contributed by atoms with Gasteiger partial charge in [0, 0.05) is 17.0 Å². The molecule has 0 aliphatic rings. The van der Waals surface area contributed by atoms with E-state index in [1.165, 1.54) is 11.3 Å². The number of nitrogen functional groups attached to an aromatic ring is 1. The number of aromatic amines is 1. The molecule has 0 aliphatic heterocycles. The minimum absolute atomic E-state index is 0.0414. The molecule has 0 atom stereocenters. The van der Waals surface area contributed by atoms with Crippen LogP contribution in [0.4, 0.5) is 5.69 Å². The van der Waals surface area contributed by atoms with Crippen molar-refractivity contribution < 1.29 is 9.59 Å². The van der Waals surface area contributed by atoms with Crippen LogP contribution in [0, 0.1) is 0 Å². The van der Waals surface area contributed by atoms with Crippen molar-refractivity contribution in [3.05, 3.63) is 57.5 Å². The maximum Gasteiger partial charge on any atom is 0.269 e. The molecule has 2 aromatic heterocycles. The van der Waals surface area contributed by atoms with Crippen molar-refractivity contribution in [1.29, 1.82) is 0 Å². The van der Waals surface area contributed by atoms with Crippen molar-refractivity contribution in [3.8, 4) is 0 Å². The molecule has 2 heterocycles. The molecular weight excluding hydrogens is 314 g/mol. The molecule has 3 N–H and O–H groups in total. The third-order valence-electron chi connectivity index (χ3n) is 3.23. The standard InChI is InChI=1S/C15H13N5O2S/c16-11-3-1-9(2-4-11)5-10-6-12(23-8-10)7-13(21)14(22)15-17-19-20-18-15/h1-4,6,8H,5,7,16H2,(H,17,18,19,20). The number of rotatable bonds is 6. The topological polar surface area (TPSA) is 115 Å². The fourth-order valence-corrected chi connectivity index (χ4v) is 2.99. The minimum Gasteiger partial charge on any atom is -0.399 e. The Morgan fingerprint density at radius 2 is 1.96 bits per heavy atom. The molecule has 1 aromatic carbocycles. The number of carbonyl (C=O) groups excluding carboxylic acids is 2. The number of H-pyrrole nitrogens is 1. The lowest BCUT2D eigenvalue weighted by Crippen LogP contribution is -2.17. The lowest BCUT2D eigenvalue weighted by molar-refractivity contribution is -0.114. The van der Waals surface area contributed by atoms with Gasteiger partial charge in [0.15, 0.2) is 0 Å². The third kappa shape index (κ3) is 3.67. The van der Waals surface area contributed by atoms with Crippen LogP contribution in [0.5, 0.6) is 0 Å². The predicted molar refractivity (Wildman–Crippen MR) is 85.2 cm³/mol. The molecule has 3 rings (SSSR count). The van der Waals surface area contributed by atoms with Crippen molar-refractivity contribution in [1.82, 2.24) is 20.6 Å². The molecule has 116 valence electrons. The molecule has 0 saturated carbocycles. The largest absolute Gasteiger partial charge is 0.399 e. The SMILES string of the molecule is Nc1ccc(Cc2csc(CC(=O)C(=O)c3nn[nH]n3)c2)cc1. The van der Waals surface area contributed by atoms with Crippen LogP contribution in [-0.2, 0) is 17.6 Å². The minimum atomic E-state index is -0.729. The maximum atomic E-state index is 11.9. The van der Waals surface area contributed by atoms with Gasteiger partial charge in [0.2, 0.25) is 11.6 Å². The number of aromatic nitrogens is 4. The van der Waals surface area contributed by atoms with E-state index >= 15 is 0 Å². The molecule has 8 heteroatoms. The normalized spacial score (nSPS) is 10.6. The number of anilines is 1. The molecule has 0 spiro atoms. The van der Waals surface area contributed by atoms with Gasteiger partial charge in [0.1, 0.15) is 0 Å². The van der Waals surface area contributed by atoms with Crippen LogP contribution < -0.4 is 5.73 Å². The average molecular weight is 327 g/mol. The van der Waals surface area contributed by atoms with Crippen molar-refractivity contribution in [2.45, 2.75) is 12.8 Å². The summed E-state index contributed by atoms with van der Waals surface area (Å²) >= 11 is 1.45. The second-order valence-electron chi connectivity index (χ2n) is 5.00. The summed E-state index contributed by atoms with van der Waals surface area (Å²) in [5, 5.41) is 14.5. The first-order chi connectivity index (χ1) is 11.1. The fourth-order valence-electron chi connectivity index (χ4n) is 2.10. The Morgan fingerprint density at radius 1 is 1.17 bits per heavy atom. The van der Waals surface area contributed by atoms with Crippen LogP contribution in [0.2, 0.25) is 0 Å². The summed E-state index contributed by atoms with van der Waals surface area (Å²) in [6.45, 7) is 0. The Bertz CT molecular complexity index is 824. The number of thiophene rings is 1. The number of nitrogens with zero attached hydrogens (tertiary/aromatic N) is 3. The smallest absolute Gasteiger partial charge is 0.269 e. The van der Waals surface area contributed by atoms with Crippen molar-refractivity contribution in [3.63, 3.8) is 0 Å². The number of ketones is 2. The molecule has 0 fully saturated rings. The number of Topliss-reactive ketones (excluding diaryl/α,β-unsaturated/α-hetero) is 2. The molecule has 7 nitrogen and oxygen atoms in total. The second-order valence-corrected chi connectivity index (χ2v) is 6.00. The predicted octanol–water partition coefficient (Wildman–Crippen LogP) is 1.43. The van der Waals surface area contributed by atoms with Gasteiger partial charge in [0.05, 0.1) is 0 Å². The van der Waals surface area contributed by atoms with Crippen molar-refractivity contribution >= 4 is 28.6 Å². The lowest BCUT2D eigenvalue weighted by atomic mass is 10.1. The lowest BCUT2D eigenvalue weighted by Gasteiger charge is -1.99. The Labute approximate surface area is 135 Å². The summed E-state index contributed by atoms with van der Waals surface area (Å²) in [6.07, 6.45) is 0.795. The quantitative estimate of drug-likeness (QED) is 0.402. The number of nitrogens with one attached hydrogen (secondary N) is 1. The zero-order chi connectivity index (χ0) is 16.2. The molecular formula is C15H13N5O2S. The second kappa shape index (κ2) is 6.49. The Balaban J connectivity index is 1.64. The van der Waals surface area contributed by atoms with E-state index in [-0.39, 0.29) is 12.2 Å². The van der Waals surface area contributed by atoms with Crippen LogP contribution in [0.15, 0.2) is 35.7 Å². The van der Waals surface area contributed by atoms with E-state index in [0.717, 1.165) is 28.1 Å². The van der Waals surface area contributed by atoms with Gasteiger partial charge in [-0.25, -0.2) is 0 Å². The molecule has 0 radical (unpaired) electrons. The van der Waals surface area contributed by atoms with Gasteiger partial charge in [-0.3, -0.25) is 9.59 Å². The van der Waals surface area contributed by atoms with Gasteiger partial charge < -0.3 is 5.73 Å². The average Bonchev–Trinajstić information content (AvgIpc) is 3.21. The molecule has 0 aliphatic carbocycles. The molecule has 0 bridgehead atoms. The highest BCUT2D eigenvalue weighted by Crippen LogP contribution is 2.19. The van der Waals surface area contributed by atoms with Crippen LogP contribution in [-0.4, -0.2) is 32.2 Å². The molecule has 23 heavy (non-hydrogen) atoms. The van der Waals surface area contributed by atoms with Crippen LogP contribution in [0.1, 0.15) is 26.6 Å². The van der Waals surface area contributed by atoms with Gasteiger partial charge in [0.25, 0.3) is 5.78 Å². The van der Waals surface area contributed by atoms with E-state index in [1.54, 1.807) is 0 Å². The number of nitrogens with two attached hydrogens (primary N) is 1. The molecule has 0 amide bonds. The number of hydrogen-bond donors (Lipinski definition) is 2. The van der Waals surface area contributed by atoms with Gasteiger partial charge in [-0.2, -0.15) is 5.21 Å². The zero-order valence-electron chi connectivity index (χ0n) is 12.0. The molecule has 0 unspecified atom stereocenters. The third-order valence-corrected chi connectivity index (χ3v) is 4.22. The molecule has 0 saturated heterocycles. The van der Waals surface area contributed by atoms with E-state index < -0.39 is 11.6 Å². The van der Waals surface area contributed by atoms with Crippen LogP contribution in [0.25, 0.3) is 0 Å². The summed E-state index contributed by atoms with van der Waals surface area (Å²) < 4.78 is 0. The van der Waals surface area contributed by atoms with Gasteiger partial charge in [-0.1, -0.05) is 12.1 Å². The van der Waals surface area contributed by atoms with E-state index in [4.69, 9.17) is 5.73 Å². The van der Waals surface area contributed by atoms with Gasteiger partial charge in [-0.15, -0.1) is 21.5 Å². The summed E-state index contributed by atoms with van der Waals surface area (Å²) in [5.41, 5.74) is 8.62. The first-order valence-electron chi connectivity index (χ1n) is 6.83. The Hall–Kier alpha value is -2.87. The highest BCUT2D eigenvalue weighted by Gasteiger charge is 2.21. The summed E-state index contributed by atoms with van der Waals surface area (Å²) in [5.74, 6) is -1.48. The van der Waals surface area contributed by atoms with E-state index in [2.05, 4.69) is 20.6 Å². The number of benzene rings is 1. The highest BCUT2D eigenvalue weighted by molar-refractivity contribution is 7.10. The first-order valence-corrected chi connectivity index (χ1v) is 7.71. The monoisotopic (exact) mass is 327 g/mol. The maximum absolute atomic E-state index is 11.9. The summed E-state index contributed by atoms with van der Waals surface area (Å²) in [6, 6.07) is 9.59. The van der Waals surface area contributed by atoms with E-state index in [0.29, 0.717) is 0 Å². The Kier molecular flexibility index (Phi) is 4.24. The van der Waals surface area contributed by atoms with Crippen molar-refractivity contribution in [2.75, 3.05) is 5.73 Å². The zero-order valence-corrected chi connectivity index (χ0v) is 12.8. The fraction of sp³-hybridized carbons (Fsp3) is 0.133. The summed E-state index contributed by atoms with van der Waals surface area (Å²) in [7, 11) is 0. The number of tetrazole rings is 1. The first kappa shape index (κ1) is 15.0. The van der Waals surface area contributed by atoms with Gasteiger partial charge in [-0.05, 0) is 46.3 Å². The van der Waals surface area contributed by atoms with Gasteiger partial charge >= 0.3 is 0 Å². The van der Waals surface area contributed by atoms with E-state index in [9.17, 15) is 9.59 Å². The van der Waals surface area contributed by atoms with Crippen LogP contribution in [0.3, 0.4) is 0 Å². The number of carbonyl (C=O) groups is 2. The van der Waals surface area contributed by atoms with Crippen LogP contribution >= 0.6 is 11.3 Å². The Morgan fingerprint density at radius 3 is 2.65 bits per heavy atom. The summed E-state index contributed by atoms with van der Waals surface area (Å²) in [4.78, 5) is 24.6. The van der Waals surface area contributed by atoms with Crippen molar-refractivity contribution in [2.24, 2.45) is 0 Å². The van der Waals surface area contributed by atoms with E-state index in [1.807, 2.05) is 35.7 Å². The number of hydrogen-bond acceptors (Lipinski definition) is 7. The highest BCUT2D eigenvalue weighted by atomic mass is 32.1.